The fraction of sp³-hybridized carbons (Fsp3) is 0.158. The van der Waals surface area contributed by atoms with E-state index in [0.717, 1.165) is 10.6 Å². The number of fused-ring (bicyclic) bond motifs is 1. The summed E-state index contributed by atoms with van der Waals surface area (Å²) in [6.07, 6.45) is 2.12. The standard InChI is InChI=1S/C19H15N5O4S/c25-17(15-3-1-2-9-20-15)22-19-21-14-8-10-23(11-16(14)29-19)18(26)12-4-6-13(7-5-12)24(27)28/h1-7,9H,8,10-11H2,(H,21,22,25). The first kappa shape index (κ1) is 18.7. The van der Waals surface area contributed by atoms with Gasteiger partial charge in [0.15, 0.2) is 5.13 Å². The van der Waals surface area contributed by atoms with Crippen LogP contribution in [0, 0.1) is 10.1 Å². The van der Waals surface area contributed by atoms with Crippen molar-refractivity contribution >= 4 is 34.0 Å². The van der Waals surface area contributed by atoms with E-state index in [1.165, 1.54) is 35.6 Å². The SMILES string of the molecule is O=C(Nc1nc2c(s1)CN(C(=O)c1ccc([N+](=O)[O-])cc1)CC2)c1ccccn1. The number of rotatable bonds is 4. The van der Waals surface area contributed by atoms with Gasteiger partial charge in [-0.2, -0.15) is 0 Å². The van der Waals surface area contributed by atoms with Crippen LogP contribution in [0.5, 0.6) is 0 Å². The van der Waals surface area contributed by atoms with E-state index < -0.39 is 4.92 Å². The minimum atomic E-state index is -0.500. The van der Waals surface area contributed by atoms with Crippen LogP contribution in [0.3, 0.4) is 0 Å². The number of amides is 2. The maximum Gasteiger partial charge on any atom is 0.276 e. The highest BCUT2D eigenvalue weighted by Gasteiger charge is 2.26. The monoisotopic (exact) mass is 409 g/mol. The smallest absolute Gasteiger partial charge is 0.276 e. The third-order valence-electron chi connectivity index (χ3n) is 4.46. The van der Waals surface area contributed by atoms with E-state index in [0.29, 0.717) is 35.9 Å². The van der Waals surface area contributed by atoms with Gasteiger partial charge in [-0.25, -0.2) is 4.98 Å². The molecule has 1 N–H and O–H groups in total. The summed E-state index contributed by atoms with van der Waals surface area (Å²) in [5, 5.41) is 14.0. The fourth-order valence-electron chi connectivity index (χ4n) is 2.99. The molecule has 10 heteroatoms. The Labute approximate surface area is 169 Å². The number of thiazole rings is 1. The van der Waals surface area contributed by atoms with Gasteiger partial charge in [-0.1, -0.05) is 17.4 Å². The number of nitrogens with one attached hydrogen (secondary N) is 1. The molecule has 0 unspecified atom stereocenters. The summed E-state index contributed by atoms with van der Waals surface area (Å²) in [5.41, 5.74) is 1.50. The molecule has 9 nitrogen and oxygen atoms in total. The van der Waals surface area contributed by atoms with Gasteiger partial charge in [0.2, 0.25) is 0 Å². The van der Waals surface area contributed by atoms with Crippen LogP contribution in [-0.2, 0) is 13.0 Å². The van der Waals surface area contributed by atoms with Crippen LogP contribution in [0.1, 0.15) is 31.4 Å². The number of anilines is 1. The quantitative estimate of drug-likeness (QED) is 0.523. The van der Waals surface area contributed by atoms with Gasteiger partial charge < -0.3 is 4.90 Å². The lowest BCUT2D eigenvalue weighted by Gasteiger charge is -2.26. The van der Waals surface area contributed by atoms with Crippen molar-refractivity contribution in [3.63, 3.8) is 0 Å². The molecule has 1 aliphatic heterocycles. The Morgan fingerprint density at radius 2 is 1.97 bits per heavy atom. The molecule has 29 heavy (non-hydrogen) atoms. The van der Waals surface area contributed by atoms with Crippen LogP contribution < -0.4 is 5.32 Å². The van der Waals surface area contributed by atoms with E-state index >= 15 is 0 Å². The first-order valence-corrected chi connectivity index (χ1v) is 9.57. The number of nitrogens with zero attached hydrogens (tertiary/aromatic N) is 4. The molecular weight excluding hydrogens is 394 g/mol. The second-order valence-electron chi connectivity index (χ2n) is 6.34. The molecule has 3 aromatic rings. The minimum absolute atomic E-state index is 0.0572. The van der Waals surface area contributed by atoms with Gasteiger partial charge in [0.25, 0.3) is 17.5 Å². The topological polar surface area (TPSA) is 118 Å². The molecule has 4 rings (SSSR count). The molecule has 0 atom stereocenters. The zero-order valence-electron chi connectivity index (χ0n) is 15.1. The fourth-order valence-corrected chi connectivity index (χ4v) is 4.01. The minimum Gasteiger partial charge on any atom is -0.333 e. The molecule has 0 saturated carbocycles. The van der Waals surface area contributed by atoms with Crippen molar-refractivity contribution in [2.75, 3.05) is 11.9 Å². The Kier molecular flexibility index (Phi) is 5.00. The highest BCUT2D eigenvalue weighted by molar-refractivity contribution is 7.15. The van der Waals surface area contributed by atoms with E-state index in [4.69, 9.17) is 0 Å². The van der Waals surface area contributed by atoms with E-state index in [1.807, 2.05) is 0 Å². The molecule has 0 radical (unpaired) electrons. The number of non-ortho nitro benzene ring substituents is 1. The second kappa shape index (κ2) is 7.76. The van der Waals surface area contributed by atoms with Crippen molar-refractivity contribution < 1.29 is 14.5 Å². The van der Waals surface area contributed by atoms with Crippen molar-refractivity contribution in [2.45, 2.75) is 13.0 Å². The number of carbonyl (C=O) groups excluding carboxylic acids is 2. The number of hydrogen-bond donors (Lipinski definition) is 1. The molecule has 2 amide bonds. The van der Waals surface area contributed by atoms with Gasteiger partial charge in [0.1, 0.15) is 5.69 Å². The average molecular weight is 409 g/mol. The Hall–Kier alpha value is -3.66. The van der Waals surface area contributed by atoms with E-state index in [9.17, 15) is 19.7 Å². The number of nitro groups is 1. The molecule has 0 spiro atoms. The van der Waals surface area contributed by atoms with Gasteiger partial charge in [0, 0.05) is 41.7 Å². The molecule has 1 aliphatic rings. The molecular formula is C19H15N5O4S. The Morgan fingerprint density at radius 3 is 2.66 bits per heavy atom. The highest BCUT2D eigenvalue weighted by atomic mass is 32.1. The summed E-state index contributed by atoms with van der Waals surface area (Å²) in [6.45, 7) is 0.864. The van der Waals surface area contributed by atoms with Crippen molar-refractivity contribution in [1.29, 1.82) is 0 Å². The lowest BCUT2D eigenvalue weighted by Crippen LogP contribution is -2.35. The maximum absolute atomic E-state index is 12.7. The predicted molar refractivity (Wildman–Crippen MR) is 106 cm³/mol. The number of carbonyl (C=O) groups is 2. The van der Waals surface area contributed by atoms with Crippen LogP contribution in [0.4, 0.5) is 10.8 Å². The molecule has 3 heterocycles. The Balaban J connectivity index is 1.45. The van der Waals surface area contributed by atoms with Crippen LogP contribution >= 0.6 is 11.3 Å². The lowest BCUT2D eigenvalue weighted by molar-refractivity contribution is -0.384. The van der Waals surface area contributed by atoms with Crippen LogP contribution in [0.15, 0.2) is 48.7 Å². The normalized spacial score (nSPS) is 12.9. The number of hydrogen-bond acceptors (Lipinski definition) is 7. The van der Waals surface area contributed by atoms with E-state index in [1.54, 1.807) is 29.3 Å². The summed E-state index contributed by atoms with van der Waals surface area (Å²) < 4.78 is 0. The first-order valence-electron chi connectivity index (χ1n) is 8.76. The molecule has 0 fully saturated rings. The molecule has 2 aromatic heterocycles. The third-order valence-corrected chi connectivity index (χ3v) is 5.46. The van der Waals surface area contributed by atoms with Gasteiger partial charge in [-0.05, 0) is 24.3 Å². The predicted octanol–water partition coefficient (Wildman–Crippen LogP) is 2.90. The largest absolute Gasteiger partial charge is 0.333 e. The average Bonchev–Trinajstić information content (AvgIpc) is 3.15. The van der Waals surface area contributed by atoms with Gasteiger partial charge in [0.05, 0.1) is 17.2 Å². The second-order valence-corrected chi connectivity index (χ2v) is 7.42. The zero-order valence-corrected chi connectivity index (χ0v) is 15.9. The van der Waals surface area contributed by atoms with Crippen molar-refractivity contribution in [3.8, 4) is 0 Å². The Bertz CT molecular complexity index is 1080. The van der Waals surface area contributed by atoms with Gasteiger partial charge >= 0.3 is 0 Å². The zero-order chi connectivity index (χ0) is 20.4. The van der Waals surface area contributed by atoms with Crippen LogP contribution in [-0.4, -0.2) is 38.2 Å². The van der Waals surface area contributed by atoms with Gasteiger partial charge in [-0.15, -0.1) is 0 Å². The summed E-state index contributed by atoms with van der Waals surface area (Å²) in [5.74, 6) is -0.534. The first-order chi connectivity index (χ1) is 14.0. The number of aromatic nitrogens is 2. The van der Waals surface area contributed by atoms with Crippen molar-refractivity contribution in [2.24, 2.45) is 0 Å². The Morgan fingerprint density at radius 1 is 1.17 bits per heavy atom. The molecule has 0 aliphatic carbocycles. The van der Waals surface area contributed by atoms with Gasteiger partial charge in [-0.3, -0.25) is 30.0 Å². The molecule has 0 bridgehead atoms. The number of nitro benzene ring substituents is 1. The number of pyridine rings is 1. The summed E-state index contributed by atoms with van der Waals surface area (Å²) in [7, 11) is 0. The van der Waals surface area contributed by atoms with Crippen molar-refractivity contribution in [3.05, 3.63) is 80.6 Å². The highest BCUT2D eigenvalue weighted by Crippen LogP contribution is 2.29. The summed E-state index contributed by atoms with van der Waals surface area (Å²) >= 11 is 1.33. The molecule has 1 aromatic carbocycles. The number of benzene rings is 1. The van der Waals surface area contributed by atoms with E-state index in [2.05, 4.69) is 15.3 Å². The van der Waals surface area contributed by atoms with Crippen LogP contribution in [0.2, 0.25) is 0 Å². The van der Waals surface area contributed by atoms with E-state index in [-0.39, 0.29) is 17.5 Å². The molecule has 0 saturated heterocycles. The maximum atomic E-state index is 12.7. The van der Waals surface area contributed by atoms with Crippen LogP contribution in [0.25, 0.3) is 0 Å². The van der Waals surface area contributed by atoms with Crippen molar-refractivity contribution in [1.82, 2.24) is 14.9 Å². The molecule has 146 valence electrons. The lowest BCUT2D eigenvalue weighted by atomic mass is 10.1. The summed E-state index contributed by atoms with van der Waals surface area (Å²) in [6, 6.07) is 10.6. The summed E-state index contributed by atoms with van der Waals surface area (Å²) in [4.78, 5) is 46.3. The third kappa shape index (κ3) is 3.97.